The summed E-state index contributed by atoms with van der Waals surface area (Å²) < 4.78 is 17.5. The van der Waals surface area contributed by atoms with Gasteiger partial charge < -0.3 is 13.6 Å². The lowest BCUT2D eigenvalue weighted by Gasteiger charge is -2.28. The molecule has 0 aromatic carbocycles. The molecule has 2 rings (SSSR count). The smallest absolute Gasteiger partial charge is 0.325 e. The van der Waals surface area contributed by atoms with Crippen LogP contribution < -0.4 is 8.85 Å². The monoisotopic (exact) mass is 457 g/mol. The Morgan fingerprint density at radius 1 is 1.03 bits per heavy atom. The van der Waals surface area contributed by atoms with Gasteiger partial charge in [0.25, 0.3) is 0 Å². The molecule has 0 saturated heterocycles. The third kappa shape index (κ3) is 8.25. The molecule has 0 amide bonds. The first-order chi connectivity index (χ1) is 13.5. The van der Waals surface area contributed by atoms with Crippen LogP contribution in [0.25, 0.3) is 0 Å². The van der Waals surface area contributed by atoms with Crippen molar-refractivity contribution in [2.24, 2.45) is 5.92 Å². The highest BCUT2D eigenvalue weighted by atomic mass is 32.2. The van der Waals surface area contributed by atoms with Crippen LogP contribution in [-0.4, -0.2) is 49.6 Å². The Labute approximate surface area is 181 Å². The van der Waals surface area contributed by atoms with Crippen molar-refractivity contribution in [2.75, 3.05) is 6.61 Å². The van der Waals surface area contributed by atoms with E-state index >= 15 is 0 Å². The quantitative estimate of drug-likeness (QED) is 0.294. The zero-order valence-electron chi connectivity index (χ0n) is 18.8. The fourth-order valence-electron chi connectivity index (χ4n) is 3.15. The number of rotatable bonds is 9. The van der Waals surface area contributed by atoms with Crippen molar-refractivity contribution >= 4 is 34.4 Å². The van der Waals surface area contributed by atoms with E-state index in [0.29, 0.717) is 17.5 Å². The normalized spacial score (nSPS) is 16.9. The molecule has 1 aliphatic carbocycles. The molecule has 164 valence electrons. The molecule has 1 saturated carbocycles. The van der Waals surface area contributed by atoms with Crippen molar-refractivity contribution < 1.29 is 18.4 Å². The van der Waals surface area contributed by atoms with E-state index in [-0.39, 0.29) is 23.1 Å². The van der Waals surface area contributed by atoms with Crippen LogP contribution >= 0.6 is 11.8 Å². The van der Waals surface area contributed by atoms with E-state index < -0.39 is 16.6 Å². The van der Waals surface area contributed by atoms with Crippen molar-refractivity contribution in [2.45, 2.75) is 88.6 Å². The number of hydrogen-bond acceptors (Lipinski definition) is 8. The van der Waals surface area contributed by atoms with Crippen molar-refractivity contribution in [3.8, 4) is 11.9 Å². The van der Waals surface area contributed by atoms with E-state index in [1.807, 2.05) is 6.92 Å². The van der Waals surface area contributed by atoms with Crippen LogP contribution in [-0.2, 0) is 9.53 Å². The summed E-state index contributed by atoms with van der Waals surface area (Å²) in [6.07, 6.45) is 5.57. The van der Waals surface area contributed by atoms with Crippen molar-refractivity contribution in [1.82, 2.24) is 15.2 Å². The minimum Gasteiger partial charge on any atom is -0.529 e. The highest BCUT2D eigenvalue weighted by molar-refractivity contribution is 8.00. The Kier molecular flexibility index (Phi) is 8.53. The lowest BCUT2D eigenvalue weighted by Crippen LogP contribution is -2.33. The summed E-state index contributed by atoms with van der Waals surface area (Å²) in [4.78, 5) is 17.3. The molecule has 1 aliphatic rings. The topological polar surface area (TPSA) is 83.4 Å². The summed E-state index contributed by atoms with van der Waals surface area (Å²) in [7, 11) is -3.82. The number of esters is 1. The van der Waals surface area contributed by atoms with Crippen molar-refractivity contribution in [3.63, 3.8) is 0 Å². The van der Waals surface area contributed by atoms with Crippen molar-refractivity contribution in [1.29, 1.82) is 0 Å². The highest BCUT2D eigenvalue weighted by Gasteiger charge is 2.34. The molecular formula is C19H35N3O4SSi2. The molecule has 0 aliphatic heterocycles. The number of aromatic nitrogens is 3. The van der Waals surface area contributed by atoms with Crippen LogP contribution in [0.1, 0.15) is 39.0 Å². The summed E-state index contributed by atoms with van der Waals surface area (Å²) >= 11 is 1.38. The van der Waals surface area contributed by atoms with Crippen molar-refractivity contribution in [3.05, 3.63) is 0 Å². The minimum absolute atomic E-state index is 0.187. The first-order valence-corrected chi connectivity index (χ1v) is 18.1. The second-order valence-electron chi connectivity index (χ2n) is 9.32. The lowest BCUT2D eigenvalue weighted by molar-refractivity contribution is -0.143. The molecule has 0 radical (unpaired) electrons. The largest absolute Gasteiger partial charge is 0.529 e. The Bertz CT molecular complexity index is 689. The number of carbonyl (C=O) groups excluding carboxylic acids is 1. The lowest BCUT2D eigenvalue weighted by atomic mass is 9.87. The summed E-state index contributed by atoms with van der Waals surface area (Å²) in [5, 5.41) is 8.75. The SMILES string of the molecule is CCOC(=O)C(Sc1nnc(O[Si](C)(C)C)nc1O[Si](C)(C)C)C1CCCCC1. The van der Waals surface area contributed by atoms with E-state index in [9.17, 15) is 4.79 Å². The molecule has 0 N–H and O–H groups in total. The number of ether oxygens (including phenoxy) is 1. The summed E-state index contributed by atoms with van der Waals surface area (Å²) in [5.41, 5.74) is 0. The standard InChI is InChI=1S/C19H35N3O4SSi2/c1-8-24-18(23)15(14-12-10-9-11-13-14)27-17-16(25-28(2,3)4)20-19(22-21-17)26-29(5,6)7/h14-15H,8-13H2,1-7H3. The molecular weight excluding hydrogens is 422 g/mol. The number of hydrogen-bond donors (Lipinski definition) is 0. The van der Waals surface area contributed by atoms with E-state index in [1.165, 1.54) is 18.2 Å². The zero-order valence-corrected chi connectivity index (χ0v) is 21.6. The molecule has 10 heteroatoms. The van der Waals surface area contributed by atoms with Gasteiger partial charge in [0.1, 0.15) is 5.25 Å². The minimum atomic E-state index is -1.95. The maximum atomic E-state index is 12.7. The maximum Gasteiger partial charge on any atom is 0.325 e. The molecule has 7 nitrogen and oxygen atoms in total. The van der Waals surface area contributed by atoms with Gasteiger partial charge in [0.05, 0.1) is 6.61 Å². The van der Waals surface area contributed by atoms with Gasteiger partial charge in [0.15, 0.2) is 5.03 Å². The average Bonchev–Trinajstić information content (AvgIpc) is 2.59. The van der Waals surface area contributed by atoms with E-state index in [0.717, 1.165) is 25.7 Å². The van der Waals surface area contributed by atoms with Crippen LogP contribution in [0.4, 0.5) is 0 Å². The van der Waals surface area contributed by atoms with Crippen LogP contribution in [0.3, 0.4) is 0 Å². The molecule has 0 spiro atoms. The average molecular weight is 458 g/mol. The van der Waals surface area contributed by atoms with Gasteiger partial charge in [0, 0.05) is 0 Å². The van der Waals surface area contributed by atoms with Gasteiger partial charge in [0.2, 0.25) is 22.5 Å². The summed E-state index contributed by atoms with van der Waals surface area (Å²) in [5.74, 6) is 0.502. The third-order valence-corrected chi connectivity index (χ3v) is 7.15. The number of carbonyl (C=O) groups is 1. The molecule has 1 aromatic rings. The van der Waals surface area contributed by atoms with Crippen LogP contribution in [0.15, 0.2) is 5.03 Å². The zero-order chi connectivity index (χ0) is 21.7. The van der Waals surface area contributed by atoms with Gasteiger partial charge >= 0.3 is 12.0 Å². The fraction of sp³-hybridized carbons (Fsp3) is 0.789. The highest BCUT2D eigenvalue weighted by Crippen LogP contribution is 2.39. The van der Waals surface area contributed by atoms with Gasteiger partial charge in [-0.15, -0.1) is 5.10 Å². The Morgan fingerprint density at radius 3 is 2.21 bits per heavy atom. The Balaban J connectivity index is 2.33. The summed E-state index contributed by atoms with van der Waals surface area (Å²) in [6.45, 7) is 14.7. The number of thioether (sulfide) groups is 1. The second kappa shape index (κ2) is 10.3. The van der Waals surface area contributed by atoms with E-state index in [4.69, 9.17) is 13.6 Å². The fourth-order valence-corrected chi connectivity index (χ4v) is 5.73. The molecule has 1 aromatic heterocycles. The molecule has 1 unspecified atom stereocenters. The Hall–Kier alpha value is -1.14. The predicted molar refractivity (Wildman–Crippen MR) is 121 cm³/mol. The van der Waals surface area contributed by atoms with Gasteiger partial charge in [-0.3, -0.25) is 4.79 Å². The molecule has 1 fully saturated rings. The van der Waals surface area contributed by atoms with E-state index in [2.05, 4.69) is 54.5 Å². The molecule has 1 atom stereocenters. The first-order valence-electron chi connectivity index (χ1n) is 10.4. The summed E-state index contributed by atoms with van der Waals surface area (Å²) in [6, 6.07) is 0.243. The molecule has 0 bridgehead atoms. The predicted octanol–water partition coefficient (Wildman–Crippen LogP) is 4.90. The second-order valence-corrected chi connectivity index (χ2v) is 19.3. The third-order valence-electron chi connectivity index (χ3n) is 4.24. The van der Waals surface area contributed by atoms with E-state index in [1.54, 1.807) is 0 Å². The Morgan fingerprint density at radius 2 is 1.66 bits per heavy atom. The van der Waals surface area contributed by atoms with Gasteiger partial charge in [-0.25, -0.2) is 0 Å². The van der Waals surface area contributed by atoms with Crippen LogP contribution in [0.5, 0.6) is 11.9 Å². The van der Waals surface area contributed by atoms with Gasteiger partial charge in [-0.2, -0.15) is 4.98 Å². The van der Waals surface area contributed by atoms with Crippen LogP contribution in [0, 0.1) is 5.92 Å². The molecule has 29 heavy (non-hydrogen) atoms. The van der Waals surface area contributed by atoms with Gasteiger partial charge in [-0.1, -0.05) is 36.1 Å². The first kappa shape index (κ1) is 24.1. The van der Waals surface area contributed by atoms with Gasteiger partial charge in [-0.05, 0) is 65.0 Å². The molecule has 1 heterocycles. The number of nitrogens with zero attached hydrogens (tertiary/aromatic N) is 3. The maximum absolute atomic E-state index is 12.7. The van der Waals surface area contributed by atoms with Crippen LogP contribution in [0.2, 0.25) is 39.3 Å².